The van der Waals surface area contributed by atoms with Gasteiger partial charge < -0.3 is 10.1 Å². The van der Waals surface area contributed by atoms with Gasteiger partial charge in [0.2, 0.25) is 5.90 Å². The van der Waals surface area contributed by atoms with Gasteiger partial charge in [0.05, 0.1) is 5.56 Å². The van der Waals surface area contributed by atoms with E-state index in [-0.39, 0.29) is 12.1 Å². The molecule has 3 aromatic carbocycles. The Morgan fingerprint density at radius 3 is 2.31 bits per heavy atom. The third kappa shape index (κ3) is 3.47. The minimum absolute atomic E-state index is 0.0609. The summed E-state index contributed by atoms with van der Waals surface area (Å²) in [4.78, 5) is 4.82. The van der Waals surface area contributed by atoms with Gasteiger partial charge in [-0.25, -0.2) is 4.99 Å². The molecule has 1 N–H and O–H groups in total. The van der Waals surface area contributed by atoms with Gasteiger partial charge in [-0.1, -0.05) is 72.8 Å². The number of aliphatic imine (C=N–C) groups is 1. The van der Waals surface area contributed by atoms with E-state index in [1.54, 1.807) is 0 Å². The molecule has 3 heteroatoms. The van der Waals surface area contributed by atoms with Crippen molar-refractivity contribution in [2.75, 3.05) is 11.9 Å². The van der Waals surface area contributed by atoms with Gasteiger partial charge in [0.15, 0.2) is 0 Å². The van der Waals surface area contributed by atoms with Crippen molar-refractivity contribution in [1.29, 1.82) is 0 Å². The number of anilines is 1. The maximum Gasteiger partial charge on any atom is 0.219 e. The summed E-state index contributed by atoms with van der Waals surface area (Å²) in [6, 6.07) is 29.2. The fourth-order valence-electron chi connectivity index (χ4n) is 3.22. The van der Waals surface area contributed by atoms with Crippen LogP contribution in [0.1, 0.15) is 35.7 Å². The lowest BCUT2D eigenvalue weighted by atomic mass is 10.1. The topological polar surface area (TPSA) is 33.6 Å². The van der Waals surface area contributed by atoms with Crippen LogP contribution in [0.3, 0.4) is 0 Å². The second kappa shape index (κ2) is 7.44. The standard InChI is InChI=1S/C23H22N2O/c1-17(18-10-4-2-5-11-18)24-21-15-9-8-14-20(21)23-25-22(16-26-23)19-12-6-3-7-13-19/h2-15,17,22,24H,16H2,1H3/t17-,22+/m1/s1. The van der Waals surface area contributed by atoms with Crippen LogP contribution in [0.5, 0.6) is 0 Å². The summed E-state index contributed by atoms with van der Waals surface area (Å²) in [5.41, 5.74) is 4.48. The van der Waals surface area contributed by atoms with E-state index in [1.807, 2.05) is 36.4 Å². The Labute approximate surface area is 154 Å². The Kier molecular flexibility index (Phi) is 4.69. The van der Waals surface area contributed by atoms with Crippen LogP contribution in [0.25, 0.3) is 0 Å². The molecular weight excluding hydrogens is 320 g/mol. The molecule has 0 aromatic heterocycles. The number of ether oxygens (including phenoxy) is 1. The minimum atomic E-state index is 0.0609. The van der Waals surface area contributed by atoms with Crippen molar-refractivity contribution in [3.05, 3.63) is 102 Å². The molecule has 1 aliphatic heterocycles. The molecule has 0 fully saturated rings. The van der Waals surface area contributed by atoms with Crippen LogP contribution >= 0.6 is 0 Å². The quantitative estimate of drug-likeness (QED) is 0.675. The number of hydrogen-bond donors (Lipinski definition) is 1. The van der Waals surface area contributed by atoms with E-state index in [2.05, 4.69) is 60.8 Å². The molecule has 0 radical (unpaired) electrons. The largest absolute Gasteiger partial charge is 0.475 e. The average molecular weight is 342 g/mol. The molecule has 0 saturated heterocycles. The summed E-state index contributed by atoms with van der Waals surface area (Å²) in [6.07, 6.45) is 0. The zero-order valence-corrected chi connectivity index (χ0v) is 14.8. The van der Waals surface area contributed by atoms with Crippen molar-refractivity contribution in [1.82, 2.24) is 0 Å². The molecule has 0 amide bonds. The Hall–Kier alpha value is -3.07. The molecule has 0 bridgehead atoms. The molecule has 0 spiro atoms. The number of hydrogen-bond acceptors (Lipinski definition) is 3. The number of benzene rings is 3. The molecule has 3 aromatic rings. The van der Waals surface area contributed by atoms with Gasteiger partial charge in [-0.2, -0.15) is 0 Å². The summed E-state index contributed by atoms with van der Waals surface area (Å²) >= 11 is 0. The van der Waals surface area contributed by atoms with Crippen molar-refractivity contribution in [2.45, 2.75) is 19.0 Å². The SMILES string of the molecule is C[C@@H](Nc1ccccc1C1=N[C@H](c2ccccc2)CO1)c1ccccc1. The van der Waals surface area contributed by atoms with Gasteiger partial charge in [-0.05, 0) is 30.2 Å². The predicted molar refractivity (Wildman–Crippen MR) is 107 cm³/mol. The molecule has 2 atom stereocenters. The van der Waals surface area contributed by atoms with Crippen LogP contribution in [0.4, 0.5) is 5.69 Å². The van der Waals surface area contributed by atoms with Gasteiger partial charge in [0.1, 0.15) is 12.6 Å². The summed E-state index contributed by atoms with van der Waals surface area (Å²) in [7, 11) is 0. The Morgan fingerprint density at radius 1 is 0.885 bits per heavy atom. The van der Waals surface area contributed by atoms with Crippen LogP contribution in [0.15, 0.2) is 89.9 Å². The predicted octanol–water partition coefficient (Wildman–Crippen LogP) is 5.38. The van der Waals surface area contributed by atoms with Crippen LogP contribution in [0, 0.1) is 0 Å². The monoisotopic (exact) mass is 342 g/mol. The van der Waals surface area contributed by atoms with E-state index in [1.165, 1.54) is 11.1 Å². The van der Waals surface area contributed by atoms with Crippen LogP contribution in [-0.2, 0) is 4.74 Å². The highest BCUT2D eigenvalue weighted by atomic mass is 16.5. The van der Waals surface area contributed by atoms with Crippen LogP contribution in [-0.4, -0.2) is 12.5 Å². The van der Waals surface area contributed by atoms with E-state index < -0.39 is 0 Å². The first kappa shape index (κ1) is 16.4. The second-order valence-electron chi connectivity index (χ2n) is 6.49. The lowest BCUT2D eigenvalue weighted by Gasteiger charge is -2.18. The fraction of sp³-hybridized carbons (Fsp3) is 0.174. The number of nitrogens with zero attached hydrogens (tertiary/aromatic N) is 1. The third-order valence-corrected chi connectivity index (χ3v) is 4.66. The maximum atomic E-state index is 5.94. The van der Waals surface area contributed by atoms with Crippen LogP contribution in [0.2, 0.25) is 0 Å². The highest BCUT2D eigenvalue weighted by molar-refractivity contribution is 6.00. The average Bonchev–Trinajstić information content (AvgIpc) is 3.20. The Morgan fingerprint density at radius 2 is 1.54 bits per heavy atom. The number of rotatable bonds is 5. The first-order chi connectivity index (χ1) is 12.8. The molecule has 3 nitrogen and oxygen atoms in total. The van der Waals surface area contributed by atoms with Gasteiger partial charge in [-0.15, -0.1) is 0 Å². The molecule has 26 heavy (non-hydrogen) atoms. The maximum absolute atomic E-state index is 5.94. The van der Waals surface area contributed by atoms with E-state index in [0.717, 1.165) is 11.3 Å². The highest BCUT2D eigenvalue weighted by Crippen LogP contribution is 2.29. The van der Waals surface area contributed by atoms with Gasteiger partial charge >= 0.3 is 0 Å². The van der Waals surface area contributed by atoms with Crippen molar-refractivity contribution in [3.8, 4) is 0 Å². The third-order valence-electron chi connectivity index (χ3n) is 4.66. The summed E-state index contributed by atoms with van der Waals surface area (Å²) < 4.78 is 5.94. The smallest absolute Gasteiger partial charge is 0.219 e. The van der Waals surface area contributed by atoms with Gasteiger partial charge in [0.25, 0.3) is 0 Å². The zero-order chi connectivity index (χ0) is 17.8. The minimum Gasteiger partial charge on any atom is -0.475 e. The van der Waals surface area contributed by atoms with Crippen molar-refractivity contribution in [2.24, 2.45) is 4.99 Å². The summed E-state index contributed by atoms with van der Waals surface area (Å²) in [5.74, 6) is 0.710. The number of para-hydroxylation sites is 1. The van der Waals surface area contributed by atoms with E-state index in [9.17, 15) is 0 Å². The highest BCUT2D eigenvalue weighted by Gasteiger charge is 2.23. The summed E-state index contributed by atoms with van der Waals surface area (Å²) in [6.45, 7) is 2.75. The Bertz CT molecular complexity index is 890. The lowest BCUT2D eigenvalue weighted by Crippen LogP contribution is -2.11. The van der Waals surface area contributed by atoms with Crippen LogP contribution < -0.4 is 5.32 Å². The molecular formula is C23H22N2O. The van der Waals surface area contributed by atoms with Gasteiger partial charge in [-0.3, -0.25) is 0 Å². The zero-order valence-electron chi connectivity index (χ0n) is 14.8. The molecule has 0 unspecified atom stereocenters. The molecule has 0 aliphatic carbocycles. The molecule has 1 aliphatic rings. The van der Waals surface area contributed by atoms with Crippen molar-refractivity contribution >= 4 is 11.6 Å². The fourth-order valence-corrected chi connectivity index (χ4v) is 3.22. The number of nitrogens with one attached hydrogen (secondary N) is 1. The molecule has 4 rings (SSSR count). The first-order valence-electron chi connectivity index (χ1n) is 8.97. The van der Waals surface area contributed by atoms with E-state index >= 15 is 0 Å². The molecule has 0 saturated carbocycles. The van der Waals surface area contributed by atoms with Crippen molar-refractivity contribution < 1.29 is 4.74 Å². The molecule has 130 valence electrons. The van der Waals surface area contributed by atoms with Gasteiger partial charge in [0, 0.05) is 11.7 Å². The normalized spacial score (nSPS) is 17.3. The van der Waals surface area contributed by atoms with E-state index in [4.69, 9.17) is 9.73 Å². The second-order valence-corrected chi connectivity index (χ2v) is 6.49. The first-order valence-corrected chi connectivity index (χ1v) is 8.97. The van der Waals surface area contributed by atoms with E-state index in [0.29, 0.717) is 12.5 Å². The summed E-state index contributed by atoms with van der Waals surface area (Å²) in [5, 5.41) is 3.60. The van der Waals surface area contributed by atoms with Crippen molar-refractivity contribution in [3.63, 3.8) is 0 Å². The lowest BCUT2D eigenvalue weighted by molar-refractivity contribution is 0.320. The Balaban J connectivity index is 1.58. The molecule has 1 heterocycles.